The van der Waals surface area contributed by atoms with Crippen molar-refractivity contribution in [2.24, 2.45) is 0 Å². The van der Waals surface area contributed by atoms with Gasteiger partial charge in [-0.1, -0.05) is 0 Å². The fourth-order valence-corrected chi connectivity index (χ4v) is 2.14. The third-order valence-electron chi connectivity index (χ3n) is 2.60. The van der Waals surface area contributed by atoms with Crippen LogP contribution in [0.5, 0.6) is 0 Å². The molecule has 0 N–H and O–H groups in total. The first-order valence-electron chi connectivity index (χ1n) is 5.65. The number of ether oxygens (including phenoxy) is 3. The van der Waals surface area contributed by atoms with Gasteiger partial charge in [0.05, 0.1) is 6.10 Å². The molecular formula is C11H22O3. The van der Waals surface area contributed by atoms with Gasteiger partial charge in [0, 0.05) is 32.7 Å². The van der Waals surface area contributed by atoms with E-state index in [4.69, 9.17) is 14.2 Å². The van der Waals surface area contributed by atoms with Crippen LogP contribution in [0.3, 0.4) is 0 Å². The summed E-state index contributed by atoms with van der Waals surface area (Å²) in [6.45, 7) is 8.24. The number of hydrogen-bond acceptors (Lipinski definition) is 3. The molecule has 0 aliphatic heterocycles. The molecular weight excluding hydrogens is 180 g/mol. The summed E-state index contributed by atoms with van der Waals surface area (Å²) in [5.74, 6) is -0.358. The van der Waals surface area contributed by atoms with E-state index in [9.17, 15) is 0 Å². The van der Waals surface area contributed by atoms with E-state index in [2.05, 4.69) is 0 Å². The third-order valence-corrected chi connectivity index (χ3v) is 2.60. The first-order valence-corrected chi connectivity index (χ1v) is 5.65. The van der Waals surface area contributed by atoms with Gasteiger partial charge in [-0.05, 0) is 27.2 Å². The lowest BCUT2D eigenvalue weighted by Crippen LogP contribution is -2.34. The van der Waals surface area contributed by atoms with Crippen LogP contribution in [0.25, 0.3) is 0 Å². The van der Waals surface area contributed by atoms with Crippen LogP contribution in [0.4, 0.5) is 0 Å². The predicted octanol–water partition coefficient (Wildman–Crippen LogP) is 2.34. The highest BCUT2D eigenvalue weighted by molar-refractivity contribution is 4.84. The Bertz CT molecular complexity index is 153. The summed E-state index contributed by atoms with van der Waals surface area (Å²) < 4.78 is 17.0. The monoisotopic (exact) mass is 202 g/mol. The molecule has 1 rings (SSSR count). The molecule has 0 bridgehead atoms. The van der Waals surface area contributed by atoms with Crippen LogP contribution in [-0.4, -0.2) is 31.7 Å². The van der Waals surface area contributed by atoms with Crippen LogP contribution in [0.15, 0.2) is 0 Å². The Morgan fingerprint density at radius 1 is 1.07 bits per heavy atom. The minimum absolute atomic E-state index is 0.318. The lowest BCUT2D eigenvalue weighted by Gasteiger charge is -2.28. The zero-order chi connectivity index (χ0) is 10.4. The van der Waals surface area contributed by atoms with E-state index in [1.807, 2.05) is 20.8 Å². The predicted molar refractivity (Wildman–Crippen MR) is 55.2 cm³/mol. The maximum atomic E-state index is 5.71. The standard InChI is InChI=1S/C11H22O3/c1-4-12-10-7-8-11(9-10,13-5-2)14-6-3/h10H,4-9H2,1-3H3. The summed E-state index contributed by atoms with van der Waals surface area (Å²) >= 11 is 0. The summed E-state index contributed by atoms with van der Waals surface area (Å²) in [5.41, 5.74) is 0. The van der Waals surface area contributed by atoms with Crippen molar-refractivity contribution in [1.82, 2.24) is 0 Å². The van der Waals surface area contributed by atoms with Crippen molar-refractivity contribution < 1.29 is 14.2 Å². The van der Waals surface area contributed by atoms with E-state index in [1.165, 1.54) is 0 Å². The summed E-state index contributed by atoms with van der Waals surface area (Å²) in [4.78, 5) is 0. The second-order valence-corrected chi connectivity index (χ2v) is 3.60. The second-order valence-electron chi connectivity index (χ2n) is 3.60. The molecule has 0 spiro atoms. The molecule has 1 aliphatic carbocycles. The van der Waals surface area contributed by atoms with Crippen LogP contribution >= 0.6 is 0 Å². The molecule has 0 aromatic rings. The summed E-state index contributed by atoms with van der Waals surface area (Å²) in [7, 11) is 0. The molecule has 84 valence electrons. The molecule has 1 saturated carbocycles. The maximum absolute atomic E-state index is 5.71. The lowest BCUT2D eigenvalue weighted by atomic mass is 10.2. The first kappa shape index (κ1) is 12.0. The molecule has 0 amide bonds. The second kappa shape index (κ2) is 5.69. The van der Waals surface area contributed by atoms with Crippen LogP contribution in [-0.2, 0) is 14.2 Å². The fourth-order valence-electron chi connectivity index (χ4n) is 2.14. The minimum Gasteiger partial charge on any atom is -0.378 e. The summed E-state index contributed by atoms with van der Waals surface area (Å²) in [5, 5.41) is 0. The Kier molecular flexibility index (Phi) is 4.85. The summed E-state index contributed by atoms with van der Waals surface area (Å²) in [6, 6.07) is 0. The van der Waals surface area contributed by atoms with Crippen molar-refractivity contribution in [3.63, 3.8) is 0 Å². The van der Waals surface area contributed by atoms with Gasteiger partial charge < -0.3 is 14.2 Å². The van der Waals surface area contributed by atoms with Crippen molar-refractivity contribution >= 4 is 0 Å². The van der Waals surface area contributed by atoms with Crippen molar-refractivity contribution in [2.75, 3.05) is 19.8 Å². The molecule has 0 heterocycles. The Morgan fingerprint density at radius 2 is 1.71 bits per heavy atom. The molecule has 1 aliphatic rings. The zero-order valence-corrected chi connectivity index (χ0v) is 9.54. The van der Waals surface area contributed by atoms with E-state index in [0.29, 0.717) is 19.3 Å². The SMILES string of the molecule is CCOC1CCC(OCC)(OCC)C1. The Labute approximate surface area is 86.7 Å². The van der Waals surface area contributed by atoms with Gasteiger partial charge in [-0.15, -0.1) is 0 Å². The Balaban J connectivity index is 2.45. The van der Waals surface area contributed by atoms with Gasteiger partial charge in [0.25, 0.3) is 0 Å². The molecule has 3 heteroatoms. The maximum Gasteiger partial charge on any atom is 0.170 e. The molecule has 1 fully saturated rings. The van der Waals surface area contributed by atoms with E-state index >= 15 is 0 Å². The highest BCUT2D eigenvalue weighted by Gasteiger charge is 2.41. The smallest absolute Gasteiger partial charge is 0.170 e. The Hall–Kier alpha value is -0.120. The van der Waals surface area contributed by atoms with Crippen LogP contribution in [0, 0.1) is 0 Å². The highest BCUT2D eigenvalue weighted by Crippen LogP contribution is 2.36. The van der Waals surface area contributed by atoms with Gasteiger partial charge in [-0.25, -0.2) is 0 Å². The van der Waals surface area contributed by atoms with E-state index in [0.717, 1.165) is 25.9 Å². The van der Waals surface area contributed by atoms with E-state index in [1.54, 1.807) is 0 Å². The molecule has 0 aromatic heterocycles. The normalized spacial score (nSPS) is 25.5. The average molecular weight is 202 g/mol. The van der Waals surface area contributed by atoms with Gasteiger partial charge in [0.15, 0.2) is 5.79 Å². The van der Waals surface area contributed by atoms with E-state index < -0.39 is 0 Å². The zero-order valence-electron chi connectivity index (χ0n) is 9.54. The number of hydrogen-bond donors (Lipinski definition) is 0. The van der Waals surface area contributed by atoms with Crippen LogP contribution in [0.1, 0.15) is 40.0 Å². The highest BCUT2D eigenvalue weighted by atomic mass is 16.7. The lowest BCUT2D eigenvalue weighted by molar-refractivity contribution is -0.231. The average Bonchev–Trinajstić information content (AvgIpc) is 2.51. The summed E-state index contributed by atoms with van der Waals surface area (Å²) in [6.07, 6.45) is 3.20. The molecule has 0 saturated heterocycles. The van der Waals surface area contributed by atoms with Gasteiger partial charge >= 0.3 is 0 Å². The molecule has 3 nitrogen and oxygen atoms in total. The molecule has 1 unspecified atom stereocenters. The van der Waals surface area contributed by atoms with Gasteiger partial charge in [0.1, 0.15) is 0 Å². The van der Waals surface area contributed by atoms with Crippen molar-refractivity contribution in [1.29, 1.82) is 0 Å². The molecule has 0 radical (unpaired) electrons. The van der Waals surface area contributed by atoms with Crippen LogP contribution in [0.2, 0.25) is 0 Å². The van der Waals surface area contributed by atoms with E-state index in [-0.39, 0.29) is 5.79 Å². The molecule has 0 aromatic carbocycles. The topological polar surface area (TPSA) is 27.7 Å². The van der Waals surface area contributed by atoms with Crippen LogP contribution < -0.4 is 0 Å². The number of rotatable bonds is 6. The van der Waals surface area contributed by atoms with Gasteiger partial charge in [-0.3, -0.25) is 0 Å². The third kappa shape index (κ3) is 2.94. The van der Waals surface area contributed by atoms with Gasteiger partial charge in [0.2, 0.25) is 0 Å². The van der Waals surface area contributed by atoms with Crippen molar-refractivity contribution in [3.8, 4) is 0 Å². The Morgan fingerprint density at radius 3 is 2.21 bits per heavy atom. The van der Waals surface area contributed by atoms with Crippen molar-refractivity contribution in [3.05, 3.63) is 0 Å². The first-order chi connectivity index (χ1) is 6.76. The largest absolute Gasteiger partial charge is 0.378 e. The molecule has 1 atom stereocenters. The quantitative estimate of drug-likeness (QED) is 0.619. The fraction of sp³-hybridized carbons (Fsp3) is 1.00. The van der Waals surface area contributed by atoms with Crippen molar-refractivity contribution in [2.45, 2.75) is 51.9 Å². The van der Waals surface area contributed by atoms with Gasteiger partial charge in [-0.2, -0.15) is 0 Å². The minimum atomic E-state index is -0.358. The molecule has 14 heavy (non-hydrogen) atoms.